The van der Waals surface area contributed by atoms with Crippen LogP contribution < -0.4 is 9.47 Å². The Morgan fingerprint density at radius 1 is 1.03 bits per heavy atom. The van der Waals surface area contributed by atoms with Gasteiger partial charge in [-0.1, -0.05) is 0 Å². The topological polar surface area (TPSA) is 96.4 Å². The van der Waals surface area contributed by atoms with Gasteiger partial charge in [0.2, 0.25) is 10.3 Å². The molecule has 1 unspecified atom stereocenters. The van der Waals surface area contributed by atoms with E-state index in [2.05, 4.69) is 4.74 Å². The zero-order valence-electron chi connectivity index (χ0n) is 15.8. The number of benzene rings is 1. The summed E-state index contributed by atoms with van der Waals surface area (Å²) in [6.45, 7) is 1.34. The van der Waals surface area contributed by atoms with Crippen molar-refractivity contribution in [2.24, 2.45) is 5.92 Å². The van der Waals surface area contributed by atoms with Crippen molar-refractivity contribution in [2.45, 2.75) is 38.1 Å². The lowest BCUT2D eigenvalue weighted by molar-refractivity contribution is -0.274. The molecule has 2 saturated heterocycles. The fourth-order valence-corrected chi connectivity index (χ4v) is 4.31. The van der Waals surface area contributed by atoms with Crippen LogP contribution in [0.25, 0.3) is 0 Å². The summed E-state index contributed by atoms with van der Waals surface area (Å²) in [5.41, 5.74) is 0. The minimum atomic E-state index is -4.75. The summed E-state index contributed by atoms with van der Waals surface area (Å²) in [7, 11) is -2.51. The van der Waals surface area contributed by atoms with Gasteiger partial charge in [0.25, 0.3) is 0 Å². The molecule has 0 aliphatic carbocycles. The number of halogens is 3. The van der Waals surface area contributed by atoms with E-state index in [1.807, 2.05) is 5.01 Å². The molecule has 0 bridgehead atoms. The molecule has 0 aromatic heterocycles. The summed E-state index contributed by atoms with van der Waals surface area (Å²) in [5, 5.41) is 12.7. The van der Waals surface area contributed by atoms with Crippen molar-refractivity contribution < 1.29 is 41.0 Å². The molecule has 0 radical (unpaired) electrons. The summed E-state index contributed by atoms with van der Waals surface area (Å²) in [5.74, 6) is -1.63. The molecule has 0 saturated carbocycles. The van der Waals surface area contributed by atoms with Crippen LogP contribution >= 0.6 is 0 Å². The number of piperidine rings is 2. The highest BCUT2D eigenvalue weighted by Crippen LogP contribution is 2.27. The first-order valence-electron chi connectivity index (χ1n) is 9.35. The summed E-state index contributed by atoms with van der Waals surface area (Å²) >= 11 is 0. The van der Waals surface area contributed by atoms with E-state index in [1.54, 1.807) is 5.01 Å². The number of alkyl halides is 3. The van der Waals surface area contributed by atoms with Crippen LogP contribution in [0, 0.1) is 5.92 Å². The number of hydrazine groups is 1. The zero-order chi connectivity index (χ0) is 21.9. The molecule has 2 aliphatic rings. The quantitative estimate of drug-likeness (QED) is 0.682. The lowest BCUT2D eigenvalue weighted by Crippen LogP contribution is -2.54. The third-order valence-electron chi connectivity index (χ3n) is 5.06. The van der Waals surface area contributed by atoms with E-state index in [4.69, 9.17) is 9.84 Å². The maximum absolute atomic E-state index is 12.2. The van der Waals surface area contributed by atoms with Crippen molar-refractivity contribution in [3.05, 3.63) is 24.3 Å². The zero-order valence-corrected chi connectivity index (χ0v) is 16.7. The van der Waals surface area contributed by atoms with Gasteiger partial charge >= 0.3 is 12.3 Å². The van der Waals surface area contributed by atoms with Crippen molar-refractivity contribution >= 4 is 21.3 Å². The Morgan fingerprint density at radius 2 is 1.63 bits per heavy atom. The molecule has 0 spiro atoms. The molecule has 1 N–H and O–H groups in total. The van der Waals surface area contributed by atoms with Gasteiger partial charge in [-0.25, -0.2) is 10.0 Å². The van der Waals surface area contributed by atoms with E-state index in [0.29, 0.717) is 44.6 Å². The smallest absolute Gasteiger partial charge is 0.490 e. The van der Waals surface area contributed by atoms with Crippen molar-refractivity contribution in [3.8, 4) is 11.5 Å². The van der Waals surface area contributed by atoms with Crippen LogP contribution in [0.1, 0.15) is 25.7 Å². The maximum Gasteiger partial charge on any atom is 0.573 e. The maximum atomic E-state index is 12.2. The van der Waals surface area contributed by atoms with Gasteiger partial charge in [-0.3, -0.25) is 4.79 Å². The second-order valence-corrected chi connectivity index (χ2v) is 8.01. The van der Waals surface area contributed by atoms with Crippen LogP contribution in [0.4, 0.5) is 13.2 Å². The Bertz CT molecular complexity index is 887. The summed E-state index contributed by atoms with van der Waals surface area (Å²) < 4.78 is 69.5. The van der Waals surface area contributed by atoms with Crippen molar-refractivity contribution in [3.63, 3.8) is 0 Å². The second-order valence-electron chi connectivity index (χ2n) is 7.07. The molecular formula is C18H21F3N2O6S. The van der Waals surface area contributed by atoms with Crippen molar-refractivity contribution in [1.82, 2.24) is 10.0 Å². The first-order chi connectivity index (χ1) is 14.1. The van der Waals surface area contributed by atoms with Crippen LogP contribution in [0.2, 0.25) is 0 Å². The Labute approximate surface area is 172 Å². The van der Waals surface area contributed by atoms with Crippen LogP contribution in [0.15, 0.2) is 24.3 Å². The van der Waals surface area contributed by atoms with Gasteiger partial charge in [0, 0.05) is 26.1 Å². The molecule has 8 nitrogen and oxygen atoms in total. The fraction of sp³-hybridized carbons (Fsp3) is 0.556. The number of aliphatic carboxylic acids is 1. The number of rotatable bonds is 5. The van der Waals surface area contributed by atoms with Crippen LogP contribution in [-0.2, 0) is 15.1 Å². The van der Waals surface area contributed by atoms with Gasteiger partial charge in [0.1, 0.15) is 22.6 Å². The predicted octanol–water partition coefficient (Wildman–Crippen LogP) is 2.15. The third-order valence-corrected chi connectivity index (χ3v) is 5.82. The van der Waals surface area contributed by atoms with E-state index in [0.717, 1.165) is 0 Å². The molecule has 2 aliphatic heterocycles. The largest absolute Gasteiger partial charge is 0.573 e. The second kappa shape index (κ2) is 9.23. The van der Waals surface area contributed by atoms with Crippen LogP contribution in [-0.4, -0.2) is 66.6 Å². The van der Waals surface area contributed by atoms with Crippen molar-refractivity contribution in [2.75, 3.05) is 19.6 Å². The monoisotopic (exact) mass is 450 g/mol. The first-order valence-corrected chi connectivity index (χ1v) is 10.4. The molecular weight excluding hydrogens is 429 g/mol. The lowest BCUT2D eigenvalue weighted by Gasteiger charge is -2.42. The van der Waals surface area contributed by atoms with Gasteiger partial charge in [0.05, 0.1) is 5.92 Å². The highest BCUT2D eigenvalue weighted by atomic mass is 32.2. The minimum Gasteiger partial charge on any atom is -0.490 e. The Morgan fingerprint density at radius 3 is 2.17 bits per heavy atom. The fourth-order valence-electron chi connectivity index (χ4n) is 3.60. The van der Waals surface area contributed by atoms with Crippen molar-refractivity contribution in [1.29, 1.82) is 0 Å². The number of ether oxygens (including phenoxy) is 2. The summed E-state index contributed by atoms with van der Waals surface area (Å²) in [6, 6.07) is 5.15. The van der Waals surface area contributed by atoms with Gasteiger partial charge < -0.3 is 14.6 Å². The number of carbonyl (C=O) groups is 1. The Balaban J connectivity index is 1.55. The molecule has 166 valence electrons. The molecule has 0 amide bonds. The first kappa shape index (κ1) is 22.4. The van der Waals surface area contributed by atoms with E-state index in [9.17, 15) is 26.4 Å². The van der Waals surface area contributed by atoms with Gasteiger partial charge in [-0.2, -0.15) is 8.42 Å². The van der Waals surface area contributed by atoms with Gasteiger partial charge in [0.15, 0.2) is 0 Å². The predicted molar refractivity (Wildman–Crippen MR) is 99.3 cm³/mol. The standard InChI is InChI=1S/C18H21F3N2O6S/c19-18(20,21)29-15-3-1-13(2-4-15)28-14-6-8-22(9-7-14)23-10-5-12(17(24)25)11-16(23)30(26)27/h1-4,12,14H,5-11H2,(H,24,25). The molecule has 2 fully saturated rings. The number of hydrogen-bond acceptors (Lipinski definition) is 6. The number of nitrogens with zero attached hydrogens (tertiary/aromatic N) is 2. The molecule has 1 aromatic carbocycles. The Kier molecular flexibility index (Phi) is 6.88. The minimum absolute atomic E-state index is 0.0335. The molecule has 1 atom stereocenters. The third kappa shape index (κ3) is 5.86. The summed E-state index contributed by atoms with van der Waals surface area (Å²) in [4.78, 5) is 11.3. The normalized spacial score (nSPS) is 22.0. The van der Waals surface area contributed by atoms with Crippen LogP contribution in [0.5, 0.6) is 11.5 Å². The average Bonchev–Trinajstić information content (AvgIpc) is 2.68. The molecule has 12 heteroatoms. The van der Waals surface area contributed by atoms with Gasteiger partial charge in [-0.05, 0) is 43.5 Å². The molecule has 2 heterocycles. The molecule has 1 aromatic rings. The lowest BCUT2D eigenvalue weighted by atomic mass is 9.97. The van der Waals surface area contributed by atoms with Crippen LogP contribution in [0.3, 0.4) is 0 Å². The van der Waals surface area contributed by atoms with E-state index in [-0.39, 0.29) is 23.3 Å². The highest BCUT2D eigenvalue weighted by Gasteiger charge is 2.35. The molecule has 30 heavy (non-hydrogen) atoms. The number of hydrogen-bond donors (Lipinski definition) is 1. The number of carboxylic acid groups (broad SMARTS) is 1. The summed E-state index contributed by atoms with van der Waals surface area (Å²) in [6.07, 6.45) is -3.44. The van der Waals surface area contributed by atoms with E-state index >= 15 is 0 Å². The average molecular weight is 450 g/mol. The van der Waals surface area contributed by atoms with Gasteiger partial charge in [-0.15, -0.1) is 13.2 Å². The Hall–Kier alpha value is -2.31. The number of carboxylic acids is 1. The molecule has 3 rings (SSSR count). The van der Waals surface area contributed by atoms with E-state index in [1.165, 1.54) is 24.3 Å². The highest BCUT2D eigenvalue weighted by molar-refractivity contribution is 7.72. The SMILES string of the molecule is O=C(O)C1CCN(N2CCC(Oc3ccc(OC(F)(F)F)cc3)CC2)C(=S(=O)=O)C1. The van der Waals surface area contributed by atoms with E-state index < -0.39 is 28.5 Å².